The third-order valence-electron chi connectivity index (χ3n) is 6.33. The van der Waals surface area contributed by atoms with E-state index in [-0.39, 0.29) is 17.0 Å². The standard InChI is InChI=1S/C27H32F2N6O2/c1-27(2,3)23-16-24(33(4)32-23)31-26(37)30-20-8-5-18(6-9-20)17-34-11-13-35(14-12-34)25(36)21-10-7-19(28)15-22(21)29/h5-10,15-16H,11-14,17H2,1-4H3,(H2,30,31,37). The molecule has 2 aromatic carbocycles. The van der Waals surface area contributed by atoms with Crippen LogP contribution in [0.15, 0.2) is 48.5 Å². The Morgan fingerprint density at radius 1 is 0.946 bits per heavy atom. The molecule has 0 aliphatic carbocycles. The first kappa shape index (κ1) is 26.3. The zero-order chi connectivity index (χ0) is 26.7. The number of carbonyl (C=O) groups excluding carboxylic acids is 2. The zero-order valence-corrected chi connectivity index (χ0v) is 21.5. The molecule has 2 N–H and O–H groups in total. The molecular weight excluding hydrogens is 478 g/mol. The number of aryl methyl sites for hydroxylation is 1. The molecule has 0 atom stereocenters. The number of nitrogens with zero attached hydrogens (tertiary/aromatic N) is 4. The number of nitrogens with one attached hydrogen (secondary N) is 2. The van der Waals surface area contributed by atoms with Gasteiger partial charge in [0.05, 0.1) is 11.3 Å². The van der Waals surface area contributed by atoms with Crippen LogP contribution >= 0.6 is 0 Å². The molecule has 1 aliphatic heterocycles. The summed E-state index contributed by atoms with van der Waals surface area (Å²) in [7, 11) is 1.79. The average Bonchev–Trinajstić information content (AvgIpc) is 3.21. The van der Waals surface area contributed by atoms with Crippen molar-refractivity contribution in [3.63, 3.8) is 0 Å². The number of aromatic nitrogens is 2. The van der Waals surface area contributed by atoms with Crippen LogP contribution in [0.2, 0.25) is 0 Å². The Labute approximate surface area is 215 Å². The van der Waals surface area contributed by atoms with Gasteiger partial charge in [-0.3, -0.25) is 19.7 Å². The number of hydrogen-bond donors (Lipinski definition) is 2. The van der Waals surface area contributed by atoms with Gasteiger partial charge in [-0.05, 0) is 29.8 Å². The first-order chi connectivity index (χ1) is 17.5. The van der Waals surface area contributed by atoms with Gasteiger partial charge < -0.3 is 10.2 Å². The van der Waals surface area contributed by atoms with Gasteiger partial charge in [-0.25, -0.2) is 13.6 Å². The number of rotatable bonds is 5. The van der Waals surface area contributed by atoms with Crippen molar-refractivity contribution in [3.8, 4) is 0 Å². The molecule has 1 aromatic heterocycles. The molecular formula is C27H32F2N6O2. The van der Waals surface area contributed by atoms with Crippen LogP contribution in [0.25, 0.3) is 0 Å². The lowest BCUT2D eigenvalue weighted by Crippen LogP contribution is -2.48. The Morgan fingerprint density at radius 3 is 2.22 bits per heavy atom. The molecule has 196 valence electrons. The average molecular weight is 511 g/mol. The van der Waals surface area contributed by atoms with Gasteiger partial charge in [0.1, 0.15) is 17.5 Å². The molecule has 1 aliphatic rings. The van der Waals surface area contributed by atoms with Gasteiger partial charge in [-0.15, -0.1) is 0 Å². The summed E-state index contributed by atoms with van der Waals surface area (Å²) in [6, 6.07) is 12.1. The molecule has 0 radical (unpaired) electrons. The number of carbonyl (C=O) groups is 2. The SMILES string of the molecule is Cn1nc(C(C)(C)C)cc1NC(=O)Nc1ccc(CN2CCN(C(=O)c3ccc(F)cc3F)CC2)cc1. The van der Waals surface area contributed by atoms with Crippen LogP contribution in [0.3, 0.4) is 0 Å². The van der Waals surface area contributed by atoms with E-state index in [1.54, 1.807) is 16.6 Å². The number of anilines is 2. The summed E-state index contributed by atoms with van der Waals surface area (Å²) in [6.07, 6.45) is 0. The van der Waals surface area contributed by atoms with Gasteiger partial charge in [0, 0.05) is 63.0 Å². The molecule has 8 nitrogen and oxygen atoms in total. The molecule has 10 heteroatoms. The van der Waals surface area contributed by atoms with Crippen molar-refractivity contribution in [1.29, 1.82) is 0 Å². The van der Waals surface area contributed by atoms with Crippen molar-refractivity contribution in [2.75, 3.05) is 36.8 Å². The van der Waals surface area contributed by atoms with Gasteiger partial charge in [0.2, 0.25) is 0 Å². The lowest BCUT2D eigenvalue weighted by atomic mass is 9.92. The summed E-state index contributed by atoms with van der Waals surface area (Å²) in [5, 5.41) is 10.1. The molecule has 0 unspecified atom stereocenters. The van der Waals surface area contributed by atoms with Gasteiger partial charge in [0.15, 0.2) is 0 Å². The first-order valence-electron chi connectivity index (χ1n) is 12.2. The quantitative estimate of drug-likeness (QED) is 0.526. The fourth-order valence-electron chi connectivity index (χ4n) is 4.12. The minimum atomic E-state index is -0.843. The topological polar surface area (TPSA) is 82.5 Å². The van der Waals surface area contributed by atoms with E-state index in [1.165, 1.54) is 6.07 Å². The second-order valence-corrected chi connectivity index (χ2v) is 10.3. The molecule has 1 saturated heterocycles. The highest BCUT2D eigenvalue weighted by Crippen LogP contribution is 2.23. The number of urea groups is 1. The van der Waals surface area contributed by atoms with Gasteiger partial charge in [-0.1, -0.05) is 32.9 Å². The van der Waals surface area contributed by atoms with E-state index in [9.17, 15) is 18.4 Å². The molecule has 0 spiro atoms. The third kappa shape index (κ3) is 6.51. The lowest BCUT2D eigenvalue weighted by Gasteiger charge is -2.34. The maximum absolute atomic E-state index is 14.0. The number of amides is 3. The smallest absolute Gasteiger partial charge is 0.324 e. The number of hydrogen-bond acceptors (Lipinski definition) is 4. The van der Waals surface area contributed by atoms with Crippen LogP contribution in [0, 0.1) is 11.6 Å². The molecule has 2 heterocycles. The normalized spacial score (nSPS) is 14.5. The number of piperazine rings is 1. The number of benzene rings is 2. The lowest BCUT2D eigenvalue weighted by molar-refractivity contribution is 0.0624. The number of halogens is 2. The summed E-state index contributed by atoms with van der Waals surface area (Å²) in [5.74, 6) is -1.36. The summed E-state index contributed by atoms with van der Waals surface area (Å²) in [4.78, 5) is 28.9. The fraction of sp³-hybridized carbons (Fsp3) is 0.370. The Balaban J connectivity index is 1.26. The van der Waals surface area contributed by atoms with Crippen molar-refractivity contribution < 1.29 is 18.4 Å². The van der Waals surface area contributed by atoms with Crippen molar-refractivity contribution in [3.05, 3.63) is 77.0 Å². The van der Waals surface area contributed by atoms with Crippen molar-refractivity contribution in [1.82, 2.24) is 19.6 Å². The Kier molecular flexibility index (Phi) is 7.58. The van der Waals surface area contributed by atoms with E-state index in [0.717, 1.165) is 23.4 Å². The van der Waals surface area contributed by atoms with E-state index < -0.39 is 17.5 Å². The summed E-state index contributed by atoms with van der Waals surface area (Å²) < 4.78 is 28.8. The Bertz CT molecular complexity index is 1280. The van der Waals surface area contributed by atoms with Crippen LogP contribution in [0.4, 0.5) is 25.1 Å². The minimum absolute atomic E-state index is 0.111. The second-order valence-electron chi connectivity index (χ2n) is 10.3. The van der Waals surface area contributed by atoms with Gasteiger partial charge in [-0.2, -0.15) is 5.10 Å². The van der Waals surface area contributed by atoms with Crippen LogP contribution in [-0.2, 0) is 19.0 Å². The summed E-state index contributed by atoms with van der Waals surface area (Å²) in [6.45, 7) is 9.07. The van der Waals surface area contributed by atoms with Crippen molar-refractivity contribution >= 4 is 23.4 Å². The van der Waals surface area contributed by atoms with E-state index in [1.807, 2.05) is 30.3 Å². The molecule has 0 bridgehead atoms. The van der Waals surface area contributed by atoms with E-state index in [4.69, 9.17) is 0 Å². The Morgan fingerprint density at radius 2 is 1.62 bits per heavy atom. The van der Waals surface area contributed by atoms with Crippen LogP contribution in [-0.4, -0.2) is 57.7 Å². The second kappa shape index (κ2) is 10.7. The molecule has 3 aromatic rings. The van der Waals surface area contributed by atoms with E-state index in [2.05, 4.69) is 41.4 Å². The molecule has 4 rings (SSSR count). The molecule has 37 heavy (non-hydrogen) atoms. The summed E-state index contributed by atoms with van der Waals surface area (Å²) in [5.41, 5.74) is 2.39. The minimum Gasteiger partial charge on any atom is -0.336 e. The zero-order valence-electron chi connectivity index (χ0n) is 21.5. The van der Waals surface area contributed by atoms with Crippen molar-refractivity contribution in [2.24, 2.45) is 7.05 Å². The van der Waals surface area contributed by atoms with Gasteiger partial charge in [0.25, 0.3) is 5.91 Å². The summed E-state index contributed by atoms with van der Waals surface area (Å²) >= 11 is 0. The van der Waals surface area contributed by atoms with Crippen molar-refractivity contribution in [2.45, 2.75) is 32.7 Å². The predicted octanol–water partition coefficient (Wildman–Crippen LogP) is 4.60. The monoisotopic (exact) mass is 510 g/mol. The maximum atomic E-state index is 14.0. The van der Waals surface area contributed by atoms with Gasteiger partial charge >= 0.3 is 6.03 Å². The van der Waals surface area contributed by atoms with Crippen LogP contribution in [0.1, 0.15) is 42.4 Å². The molecule has 0 saturated carbocycles. The first-order valence-corrected chi connectivity index (χ1v) is 12.2. The van der Waals surface area contributed by atoms with E-state index in [0.29, 0.717) is 44.2 Å². The highest BCUT2D eigenvalue weighted by molar-refractivity contribution is 5.99. The predicted molar refractivity (Wildman–Crippen MR) is 139 cm³/mol. The van der Waals surface area contributed by atoms with E-state index >= 15 is 0 Å². The third-order valence-corrected chi connectivity index (χ3v) is 6.33. The fourth-order valence-corrected chi connectivity index (χ4v) is 4.12. The highest BCUT2D eigenvalue weighted by atomic mass is 19.1. The largest absolute Gasteiger partial charge is 0.336 e. The molecule has 1 fully saturated rings. The van der Waals surface area contributed by atoms with Crippen LogP contribution in [0.5, 0.6) is 0 Å². The maximum Gasteiger partial charge on any atom is 0.324 e. The van der Waals surface area contributed by atoms with Crippen LogP contribution < -0.4 is 10.6 Å². The Hall–Kier alpha value is -3.79. The molecule has 3 amide bonds. The highest BCUT2D eigenvalue weighted by Gasteiger charge is 2.24.